The lowest BCUT2D eigenvalue weighted by Gasteiger charge is -2.12. The van der Waals surface area contributed by atoms with Gasteiger partial charge in [0.1, 0.15) is 23.8 Å². The van der Waals surface area contributed by atoms with Gasteiger partial charge in [0, 0.05) is 25.2 Å². The summed E-state index contributed by atoms with van der Waals surface area (Å²) in [5, 5.41) is 3.24. The van der Waals surface area contributed by atoms with E-state index in [0.29, 0.717) is 16.5 Å². The molecule has 0 saturated carbocycles. The summed E-state index contributed by atoms with van der Waals surface area (Å²) < 4.78 is 13.6. The summed E-state index contributed by atoms with van der Waals surface area (Å²) in [6.45, 7) is 0. The highest BCUT2D eigenvalue weighted by molar-refractivity contribution is 6.30. The number of nitrogens with one attached hydrogen (secondary N) is 1. The van der Waals surface area contributed by atoms with Gasteiger partial charge in [-0.25, -0.2) is 14.4 Å². The second-order valence-corrected chi connectivity index (χ2v) is 4.34. The Hall–Kier alpha value is -1.88. The van der Waals surface area contributed by atoms with Crippen molar-refractivity contribution < 1.29 is 4.39 Å². The van der Waals surface area contributed by atoms with Crippen molar-refractivity contribution in [1.82, 2.24) is 9.97 Å². The van der Waals surface area contributed by atoms with Crippen LogP contribution in [0.3, 0.4) is 0 Å². The molecule has 0 amide bonds. The first kappa shape index (κ1) is 12.6. The monoisotopic (exact) mass is 266 g/mol. The zero-order valence-corrected chi connectivity index (χ0v) is 10.7. The maximum absolute atomic E-state index is 13.6. The van der Waals surface area contributed by atoms with Gasteiger partial charge in [-0.1, -0.05) is 11.6 Å². The van der Waals surface area contributed by atoms with E-state index in [1.165, 1.54) is 12.4 Å². The summed E-state index contributed by atoms with van der Waals surface area (Å²) in [7, 11) is 3.74. The van der Waals surface area contributed by atoms with Crippen LogP contribution >= 0.6 is 11.6 Å². The van der Waals surface area contributed by atoms with Crippen LogP contribution in [0, 0.1) is 5.82 Å². The van der Waals surface area contributed by atoms with E-state index in [1.807, 2.05) is 19.0 Å². The zero-order chi connectivity index (χ0) is 13.1. The second kappa shape index (κ2) is 5.18. The molecule has 0 radical (unpaired) electrons. The number of aromatic nitrogens is 2. The minimum atomic E-state index is -0.424. The largest absolute Gasteiger partial charge is 0.363 e. The highest BCUT2D eigenvalue weighted by atomic mass is 35.5. The van der Waals surface area contributed by atoms with Crippen LogP contribution in [0.1, 0.15) is 0 Å². The van der Waals surface area contributed by atoms with Crippen LogP contribution in [-0.4, -0.2) is 24.1 Å². The summed E-state index contributed by atoms with van der Waals surface area (Å²) in [6.07, 6.45) is 1.42. The molecule has 0 aliphatic heterocycles. The lowest BCUT2D eigenvalue weighted by molar-refractivity contribution is 0.632. The molecule has 0 atom stereocenters. The fourth-order valence-corrected chi connectivity index (χ4v) is 1.55. The van der Waals surface area contributed by atoms with Crippen LogP contribution in [0.25, 0.3) is 0 Å². The van der Waals surface area contributed by atoms with Gasteiger partial charge in [-0.3, -0.25) is 0 Å². The minimum absolute atomic E-state index is 0.322. The Kier molecular flexibility index (Phi) is 3.62. The van der Waals surface area contributed by atoms with E-state index in [0.717, 1.165) is 5.82 Å². The van der Waals surface area contributed by atoms with Gasteiger partial charge in [-0.15, -0.1) is 0 Å². The van der Waals surface area contributed by atoms with Gasteiger partial charge < -0.3 is 10.2 Å². The Morgan fingerprint density at radius 2 is 2.00 bits per heavy atom. The van der Waals surface area contributed by atoms with Gasteiger partial charge in [0.15, 0.2) is 0 Å². The zero-order valence-electron chi connectivity index (χ0n) is 9.98. The Bertz CT molecular complexity index is 560. The molecule has 94 valence electrons. The molecular formula is C12H12ClFN4. The van der Waals surface area contributed by atoms with E-state index >= 15 is 0 Å². The SMILES string of the molecule is CN(C)c1cc(Nc2ccc(Cl)cc2F)ncn1. The number of benzene rings is 1. The van der Waals surface area contributed by atoms with Crippen LogP contribution in [0.4, 0.5) is 21.7 Å². The molecule has 6 heteroatoms. The fraction of sp³-hybridized carbons (Fsp3) is 0.167. The van der Waals surface area contributed by atoms with Crippen molar-refractivity contribution in [2.24, 2.45) is 0 Å². The molecule has 1 heterocycles. The Labute approximate surface area is 109 Å². The van der Waals surface area contributed by atoms with E-state index in [4.69, 9.17) is 11.6 Å². The molecule has 0 fully saturated rings. The van der Waals surface area contributed by atoms with E-state index < -0.39 is 5.82 Å². The first-order valence-corrected chi connectivity index (χ1v) is 5.65. The molecule has 0 spiro atoms. The maximum atomic E-state index is 13.6. The van der Waals surface area contributed by atoms with Gasteiger partial charge >= 0.3 is 0 Å². The van der Waals surface area contributed by atoms with Crippen LogP contribution < -0.4 is 10.2 Å². The fourth-order valence-electron chi connectivity index (χ4n) is 1.39. The summed E-state index contributed by atoms with van der Waals surface area (Å²) >= 11 is 5.69. The third-order valence-electron chi connectivity index (χ3n) is 2.30. The highest BCUT2D eigenvalue weighted by Gasteiger charge is 2.05. The Morgan fingerprint density at radius 3 is 2.67 bits per heavy atom. The van der Waals surface area contributed by atoms with Crippen LogP contribution in [0.15, 0.2) is 30.6 Å². The summed E-state index contributed by atoms with van der Waals surface area (Å²) in [5.41, 5.74) is 0.322. The molecule has 1 N–H and O–H groups in total. The second-order valence-electron chi connectivity index (χ2n) is 3.91. The predicted octanol–water partition coefficient (Wildman–Crippen LogP) is 3.08. The number of nitrogens with zero attached hydrogens (tertiary/aromatic N) is 3. The quantitative estimate of drug-likeness (QED) is 0.927. The smallest absolute Gasteiger partial charge is 0.148 e. The van der Waals surface area contributed by atoms with Crippen molar-refractivity contribution in [2.75, 3.05) is 24.3 Å². The van der Waals surface area contributed by atoms with Crippen LogP contribution in [0.5, 0.6) is 0 Å². The van der Waals surface area contributed by atoms with E-state index in [1.54, 1.807) is 18.2 Å². The molecule has 0 saturated heterocycles. The van der Waals surface area contributed by atoms with Crippen molar-refractivity contribution in [3.8, 4) is 0 Å². The van der Waals surface area contributed by atoms with Crippen LogP contribution in [0.2, 0.25) is 5.02 Å². The van der Waals surface area contributed by atoms with Crippen molar-refractivity contribution in [2.45, 2.75) is 0 Å². The summed E-state index contributed by atoms with van der Waals surface area (Å²) in [5.74, 6) is 0.837. The van der Waals surface area contributed by atoms with Crippen molar-refractivity contribution in [3.63, 3.8) is 0 Å². The molecule has 0 aliphatic carbocycles. The van der Waals surface area contributed by atoms with Crippen molar-refractivity contribution in [3.05, 3.63) is 41.4 Å². The topological polar surface area (TPSA) is 41.0 Å². The average Bonchev–Trinajstić information content (AvgIpc) is 2.33. The number of halogens is 2. The van der Waals surface area contributed by atoms with Gasteiger partial charge in [-0.2, -0.15) is 0 Å². The molecule has 2 aromatic rings. The van der Waals surface area contributed by atoms with E-state index in [-0.39, 0.29) is 0 Å². The molecular weight excluding hydrogens is 255 g/mol. The van der Waals surface area contributed by atoms with Gasteiger partial charge in [0.2, 0.25) is 0 Å². The van der Waals surface area contributed by atoms with Gasteiger partial charge in [0.05, 0.1) is 5.69 Å². The summed E-state index contributed by atoms with van der Waals surface area (Å²) in [6, 6.07) is 6.15. The minimum Gasteiger partial charge on any atom is -0.363 e. The normalized spacial score (nSPS) is 10.2. The predicted molar refractivity (Wildman–Crippen MR) is 71.1 cm³/mol. The number of hydrogen-bond acceptors (Lipinski definition) is 4. The number of anilines is 3. The first-order valence-electron chi connectivity index (χ1n) is 5.27. The van der Waals surface area contributed by atoms with Crippen molar-refractivity contribution in [1.29, 1.82) is 0 Å². The van der Waals surface area contributed by atoms with Gasteiger partial charge in [-0.05, 0) is 18.2 Å². The third kappa shape index (κ3) is 2.87. The Morgan fingerprint density at radius 1 is 1.22 bits per heavy atom. The lowest BCUT2D eigenvalue weighted by atomic mass is 10.3. The molecule has 18 heavy (non-hydrogen) atoms. The molecule has 1 aromatic carbocycles. The van der Waals surface area contributed by atoms with Crippen LogP contribution in [-0.2, 0) is 0 Å². The van der Waals surface area contributed by atoms with Crippen molar-refractivity contribution >= 4 is 28.9 Å². The lowest BCUT2D eigenvalue weighted by Crippen LogP contribution is -2.11. The van der Waals surface area contributed by atoms with E-state index in [9.17, 15) is 4.39 Å². The first-order chi connectivity index (χ1) is 8.56. The molecule has 0 aliphatic rings. The molecule has 0 unspecified atom stereocenters. The Balaban J connectivity index is 2.25. The number of hydrogen-bond donors (Lipinski definition) is 1. The third-order valence-corrected chi connectivity index (χ3v) is 2.54. The summed E-state index contributed by atoms with van der Waals surface area (Å²) in [4.78, 5) is 9.95. The number of rotatable bonds is 3. The molecule has 0 bridgehead atoms. The van der Waals surface area contributed by atoms with Gasteiger partial charge in [0.25, 0.3) is 0 Å². The van der Waals surface area contributed by atoms with E-state index in [2.05, 4.69) is 15.3 Å². The average molecular weight is 267 g/mol. The molecule has 2 rings (SSSR count). The standard InChI is InChI=1S/C12H12ClFN4/c1-18(2)12-6-11(15-7-16-12)17-10-4-3-8(13)5-9(10)14/h3-7H,1-2H3,(H,15,16,17). The molecule has 1 aromatic heterocycles. The maximum Gasteiger partial charge on any atom is 0.148 e. The highest BCUT2D eigenvalue weighted by Crippen LogP contribution is 2.22. The molecule has 4 nitrogen and oxygen atoms in total.